The molecule has 0 radical (unpaired) electrons. The molecule has 4 rings (SSSR count). The number of hydrogen-bond donors (Lipinski definition) is 1. The van der Waals surface area contributed by atoms with E-state index in [1.54, 1.807) is 11.3 Å². The zero-order chi connectivity index (χ0) is 13.9. The first-order valence-corrected chi connectivity index (χ1v) is 8.14. The molecule has 5 heteroatoms. The first kappa shape index (κ1) is 12.4. The van der Waals surface area contributed by atoms with Gasteiger partial charge >= 0.3 is 5.97 Å². The molecular formula is C15H17NO3S. The molecular weight excluding hydrogens is 274 g/mol. The molecule has 20 heavy (non-hydrogen) atoms. The molecule has 2 aliphatic heterocycles. The van der Waals surface area contributed by atoms with Crippen molar-refractivity contribution in [2.24, 2.45) is 5.92 Å². The van der Waals surface area contributed by atoms with Gasteiger partial charge in [0.15, 0.2) is 0 Å². The van der Waals surface area contributed by atoms with E-state index in [9.17, 15) is 14.7 Å². The number of hydrogen-bond acceptors (Lipinski definition) is 3. The number of rotatable bonds is 2. The lowest BCUT2D eigenvalue weighted by atomic mass is 9.89. The average Bonchev–Trinajstić information content (AvgIpc) is 3.15. The molecule has 3 atom stereocenters. The Morgan fingerprint density at radius 3 is 2.85 bits per heavy atom. The summed E-state index contributed by atoms with van der Waals surface area (Å²) in [6, 6.07) is 2.11. The number of nitrogens with zero attached hydrogens (tertiary/aromatic N) is 1. The number of thiophene rings is 1. The highest BCUT2D eigenvalue weighted by molar-refractivity contribution is 7.14. The van der Waals surface area contributed by atoms with Gasteiger partial charge in [-0.05, 0) is 50.2 Å². The van der Waals surface area contributed by atoms with Gasteiger partial charge in [0.25, 0.3) is 5.91 Å². The van der Waals surface area contributed by atoms with E-state index in [0.717, 1.165) is 30.6 Å². The molecule has 106 valence electrons. The van der Waals surface area contributed by atoms with Crippen LogP contribution in [0.25, 0.3) is 0 Å². The molecule has 3 unspecified atom stereocenters. The summed E-state index contributed by atoms with van der Waals surface area (Å²) in [6.07, 6.45) is 5.83. The first-order valence-electron chi connectivity index (χ1n) is 7.32. The van der Waals surface area contributed by atoms with Gasteiger partial charge in [0.1, 0.15) is 0 Å². The third-order valence-corrected chi connectivity index (χ3v) is 6.27. The number of carbonyl (C=O) groups excluding carboxylic acids is 1. The van der Waals surface area contributed by atoms with Crippen molar-refractivity contribution in [3.8, 4) is 0 Å². The van der Waals surface area contributed by atoms with Gasteiger partial charge in [-0.15, -0.1) is 11.3 Å². The number of fused-ring (bicyclic) bond motifs is 3. The van der Waals surface area contributed by atoms with Crippen LogP contribution in [-0.4, -0.2) is 34.0 Å². The Kier molecular flexibility index (Phi) is 2.67. The van der Waals surface area contributed by atoms with Crippen molar-refractivity contribution >= 4 is 23.2 Å². The van der Waals surface area contributed by atoms with Gasteiger partial charge in [-0.3, -0.25) is 9.59 Å². The minimum atomic E-state index is -0.747. The van der Waals surface area contributed by atoms with Crippen molar-refractivity contribution in [3.05, 3.63) is 21.4 Å². The molecule has 0 spiro atoms. The Labute approximate surface area is 121 Å². The summed E-state index contributed by atoms with van der Waals surface area (Å²) in [5.41, 5.74) is 1.33. The van der Waals surface area contributed by atoms with E-state index < -0.39 is 5.97 Å². The summed E-state index contributed by atoms with van der Waals surface area (Å²) in [7, 11) is 0. The Bertz CT molecular complexity index is 572. The van der Waals surface area contributed by atoms with Crippen LogP contribution in [0.4, 0.5) is 0 Å². The van der Waals surface area contributed by atoms with Crippen molar-refractivity contribution in [1.82, 2.24) is 4.90 Å². The third kappa shape index (κ3) is 1.65. The lowest BCUT2D eigenvalue weighted by molar-refractivity contribution is -0.142. The van der Waals surface area contributed by atoms with E-state index in [-0.39, 0.29) is 23.9 Å². The van der Waals surface area contributed by atoms with Crippen molar-refractivity contribution < 1.29 is 14.7 Å². The second-order valence-electron chi connectivity index (χ2n) is 6.10. The predicted molar refractivity (Wildman–Crippen MR) is 75.1 cm³/mol. The molecule has 2 saturated heterocycles. The van der Waals surface area contributed by atoms with Crippen molar-refractivity contribution in [1.29, 1.82) is 0 Å². The Hall–Kier alpha value is -1.36. The summed E-state index contributed by atoms with van der Waals surface area (Å²) in [4.78, 5) is 28.0. The minimum absolute atomic E-state index is 0.0700. The molecule has 0 saturated carbocycles. The van der Waals surface area contributed by atoms with Crippen LogP contribution in [0.3, 0.4) is 0 Å². The number of aliphatic carboxylic acids is 1. The van der Waals surface area contributed by atoms with Crippen molar-refractivity contribution in [2.75, 3.05) is 0 Å². The van der Waals surface area contributed by atoms with Gasteiger partial charge in [-0.25, -0.2) is 0 Å². The molecule has 1 N–H and O–H groups in total. The summed E-state index contributed by atoms with van der Waals surface area (Å²) < 4.78 is 0. The topological polar surface area (TPSA) is 57.6 Å². The number of amides is 1. The summed E-state index contributed by atoms with van der Waals surface area (Å²) in [6.45, 7) is 0. The van der Waals surface area contributed by atoms with E-state index in [2.05, 4.69) is 0 Å². The van der Waals surface area contributed by atoms with E-state index in [4.69, 9.17) is 0 Å². The van der Waals surface area contributed by atoms with Gasteiger partial charge in [0, 0.05) is 17.0 Å². The first-order chi connectivity index (χ1) is 9.65. The predicted octanol–water partition coefficient (Wildman–Crippen LogP) is 2.31. The van der Waals surface area contributed by atoms with Crippen molar-refractivity contribution in [3.63, 3.8) is 0 Å². The SMILES string of the molecule is O=C(O)C1CC2CCC1N2C(=O)c1cc2c(s1)CCC2. The molecule has 1 aliphatic carbocycles. The molecule has 3 heterocycles. The lowest BCUT2D eigenvalue weighted by Gasteiger charge is -2.22. The molecule has 2 bridgehead atoms. The molecule has 4 nitrogen and oxygen atoms in total. The highest BCUT2D eigenvalue weighted by Crippen LogP contribution is 2.43. The summed E-state index contributed by atoms with van der Waals surface area (Å²) in [5.74, 6) is -1.03. The van der Waals surface area contributed by atoms with Crippen LogP contribution < -0.4 is 0 Å². The van der Waals surface area contributed by atoms with Crippen LogP contribution in [0.5, 0.6) is 0 Å². The Morgan fingerprint density at radius 2 is 2.15 bits per heavy atom. The molecule has 0 aromatic carbocycles. The maximum atomic E-state index is 12.7. The fraction of sp³-hybridized carbons (Fsp3) is 0.600. The van der Waals surface area contributed by atoms with Gasteiger partial charge in [-0.2, -0.15) is 0 Å². The zero-order valence-electron chi connectivity index (χ0n) is 11.2. The van der Waals surface area contributed by atoms with Crippen LogP contribution in [-0.2, 0) is 17.6 Å². The minimum Gasteiger partial charge on any atom is -0.481 e. The molecule has 1 amide bonds. The van der Waals surface area contributed by atoms with E-state index in [1.165, 1.54) is 16.9 Å². The molecule has 2 fully saturated rings. The quantitative estimate of drug-likeness (QED) is 0.909. The third-order valence-electron chi connectivity index (χ3n) is 5.05. The maximum Gasteiger partial charge on any atom is 0.308 e. The van der Waals surface area contributed by atoms with Crippen LogP contribution >= 0.6 is 11.3 Å². The number of carbonyl (C=O) groups is 2. The monoisotopic (exact) mass is 291 g/mol. The van der Waals surface area contributed by atoms with Gasteiger partial charge in [-0.1, -0.05) is 0 Å². The van der Waals surface area contributed by atoms with Gasteiger partial charge in [0.2, 0.25) is 0 Å². The number of carboxylic acids is 1. The largest absolute Gasteiger partial charge is 0.481 e. The number of aryl methyl sites for hydroxylation is 2. The standard InChI is InChI=1S/C15H17NO3S/c17-14(13-6-8-2-1-3-12(8)20-13)16-9-4-5-11(16)10(7-9)15(18)19/h6,9-11H,1-5,7H2,(H,18,19). The van der Waals surface area contributed by atoms with Crippen molar-refractivity contribution in [2.45, 2.75) is 50.6 Å². The lowest BCUT2D eigenvalue weighted by Crippen LogP contribution is -2.37. The second kappa shape index (κ2) is 4.32. The van der Waals surface area contributed by atoms with Crippen LogP contribution in [0.15, 0.2) is 6.07 Å². The Balaban J connectivity index is 1.61. The highest BCUT2D eigenvalue weighted by Gasteiger charge is 2.51. The summed E-state index contributed by atoms with van der Waals surface area (Å²) in [5, 5.41) is 9.27. The Morgan fingerprint density at radius 1 is 1.30 bits per heavy atom. The summed E-state index contributed by atoms with van der Waals surface area (Å²) >= 11 is 1.62. The fourth-order valence-electron chi connectivity index (χ4n) is 4.13. The fourth-order valence-corrected chi connectivity index (χ4v) is 5.33. The van der Waals surface area contributed by atoms with Crippen LogP contribution in [0.1, 0.15) is 45.8 Å². The number of carboxylic acid groups (broad SMARTS) is 1. The van der Waals surface area contributed by atoms with Gasteiger partial charge in [0.05, 0.1) is 10.8 Å². The van der Waals surface area contributed by atoms with Gasteiger partial charge < -0.3 is 10.0 Å². The average molecular weight is 291 g/mol. The smallest absolute Gasteiger partial charge is 0.308 e. The second-order valence-corrected chi connectivity index (χ2v) is 7.24. The zero-order valence-corrected chi connectivity index (χ0v) is 12.0. The van der Waals surface area contributed by atoms with Crippen LogP contribution in [0.2, 0.25) is 0 Å². The van der Waals surface area contributed by atoms with E-state index in [0.29, 0.717) is 6.42 Å². The van der Waals surface area contributed by atoms with E-state index >= 15 is 0 Å². The highest BCUT2D eigenvalue weighted by atomic mass is 32.1. The molecule has 3 aliphatic rings. The molecule has 1 aromatic heterocycles. The normalized spacial score (nSPS) is 30.8. The molecule has 1 aromatic rings. The maximum absolute atomic E-state index is 12.7. The van der Waals surface area contributed by atoms with Crippen LogP contribution in [0, 0.1) is 5.92 Å². The van der Waals surface area contributed by atoms with E-state index in [1.807, 2.05) is 11.0 Å².